The van der Waals surface area contributed by atoms with E-state index in [9.17, 15) is 9.59 Å². The summed E-state index contributed by atoms with van der Waals surface area (Å²) in [7, 11) is 0. The molecule has 0 saturated carbocycles. The number of hydrogen-bond acceptors (Lipinski definition) is 4. The third-order valence-electron chi connectivity index (χ3n) is 6.10. The van der Waals surface area contributed by atoms with Crippen molar-refractivity contribution in [2.75, 3.05) is 19.8 Å². The number of aryl methyl sites for hydroxylation is 1. The predicted octanol–water partition coefficient (Wildman–Crippen LogP) is 5.85. The van der Waals surface area contributed by atoms with Gasteiger partial charge in [-0.15, -0.1) is 0 Å². The number of hydrogen-bond donors (Lipinski definition) is 1. The standard InChI is InChI=1S/C31H37ClN2O4/c1-4-33-31(36)27(20-23-11-8-7-9-12-23)34(22-25-13-10-14-26(32)19-25)30(35)18-16-24-15-17-28(37-5-2)29(21-24)38-6-3/h7-15,17,19,21,27H,4-6,16,18,20,22H2,1-3H3,(H,33,36). The van der Waals surface area contributed by atoms with Crippen molar-refractivity contribution in [1.29, 1.82) is 0 Å². The third kappa shape index (κ3) is 8.52. The van der Waals surface area contributed by atoms with Crippen molar-refractivity contribution < 1.29 is 19.1 Å². The average Bonchev–Trinajstić information content (AvgIpc) is 2.91. The van der Waals surface area contributed by atoms with E-state index < -0.39 is 6.04 Å². The maximum absolute atomic E-state index is 13.8. The molecule has 0 bridgehead atoms. The Morgan fingerprint density at radius 1 is 0.842 bits per heavy atom. The number of carbonyl (C=O) groups is 2. The zero-order valence-electron chi connectivity index (χ0n) is 22.4. The zero-order chi connectivity index (χ0) is 27.3. The molecule has 3 aromatic rings. The Bertz CT molecular complexity index is 1190. The van der Waals surface area contributed by atoms with E-state index in [1.165, 1.54) is 0 Å². The summed E-state index contributed by atoms with van der Waals surface area (Å²) in [5.41, 5.74) is 2.82. The summed E-state index contributed by atoms with van der Waals surface area (Å²) in [6.07, 6.45) is 1.16. The normalized spacial score (nSPS) is 11.5. The summed E-state index contributed by atoms with van der Waals surface area (Å²) < 4.78 is 11.4. The van der Waals surface area contributed by atoms with Crippen LogP contribution in [0, 0.1) is 0 Å². The molecule has 2 amide bonds. The van der Waals surface area contributed by atoms with Crippen LogP contribution in [0.5, 0.6) is 11.5 Å². The van der Waals surface area contributed by atoms with Gasteiger partial charge in [0.05, 0.1) is 13.2 Å². The number of amides is 2. The lowest BCUT2D eigenvalue weighted by molar-refractivity contribution is -0.141. The van der Waals surface area contributed by atoms with Crippen molar-refractivity contribution in [2.45, 2.75) is 52.6 Å². The van der Waals surface area contributed by atoms with Crippen molar-refractivity contribution in [3.05, 3.63) is 94.5 Å². The van der Waals surface area contributed by atoms with Gasteiger partial charge < -0.3 is 19.7 Å². The van der Waals surface area contributed by atoms with Gasteiger partial charge in [0.2, 0.25) is 11.8 Å². The zero-order valence-corrected chi connectivity index (χ0v) is 23.2. The molecule has 3 rings (SSSR count). The number of nitrogens with zero attached hydrogens (tertiary/aromatic N) is 1. The first-order chi connectivity index (χ1) is 18.4. The molecule has 1 atom stereocenters. The molecular weight excluding hydrogens is 500 g/mol. The van der Waals surface area contributed by atoms with E-state index in [-0.39, 0.29) is 24.8 Å². The highest BCUT2D eigenvalue weighted by atomic mass is 35.5. The summed E-state index contributed by atoms with van der Waals surface area (Å²) in [5, 5.41) is 3.51. The maximum Gasteiger partial charge on any atom is 0.243 e. The molecule has 0 aliphatic rings. The largest absolute Gasteiger partial charge is 0.490 e. The van der Waals surface area contributed by atoms with E-state index in [0.29, 0.717) is 49.1 Å². The Labute approximate surface area is 230 Å². The van der Waals surface area contributed by atoms with Crippen LogP contribution in [0.15, 0.2) is 72.8 Å². The van der Waals surface area contributed by atoms with Crippen LogP contribution in [0.4, 0.5) is 0 Å². The van der Waals surface area contributed by atoms with Crippen molar-refractivity contribution in [3.63, 3.8) is 0 Å². The van der Waals surface area contributed by atoms with E-state index in [2.05, 4.69) is 5.32 Å². The summed E-state index contributed by atoms with van der Waals surface area (Å²) >= 11 is 6.24. The van der Waals surface area contributed by atoms with Crippen molar-refractivity contribution in [1.82, 2.24) is 10.2 Å². The fourth-order valence-corrected chi connectivity index (χ4v) is 4.54. The molecule has 7 heteroatoms. The number of halogens is 1. The van der Waals surface area contributed by atoms with E-state index in [4.69, 9.17) is 21.1 Å². The van der Waals surface area contributed by atoms with Crippen molar-refractivity contribution in [2.24, 2.45) is 0 Å². The van der Waals surface area contributed by atoms with Gasteiger partial charge in [0.25, 0.3) is 0 Å². The molecule has 6 nitrogen and oxygen atoms in total. The second-order valence-electron chi connectivity index (χ2n) is 8.90. The Balaban J connectivity index is 1.87. The van der Waals surface area contributed by atoms with Crippen molar-refractivity contribution in [3.8, 4) is 11.5 Å². The predicted molar refractivity (Wildman–Crippen MR) is 152 cm³/mol. The Kier molecular flexibility index (Phi) is 11.5. The van der Waals surface area contributed by atoms with E-state index >= 15 is 0 Å². The van der Waals surface area contributed by atoms with Gasteiger partial charge in [-0.1, -0.05) is 60.1 Å². The van der Waals surface area contributed by atoms with E-state index in [1.54, 1.807) is 11.0 Å². The summed E-state index contributed by atoms with van der Waals surface area (Å²) in [6, 6.07) is 22.3. The van der Waals surface area contributed by atoms with Gasteiger partial charge in [0.1, 0.15) is 6.04 Å². The van der Waals surface area contributed by atoms with Crippen LogP contribution in [0.2, 0.25) is 5.02 Å². The van der Waals surface area contributed by atoms with Gasteiger partial charge in [0, 0.05) is 31.0 Å². The molecule has 0 saturated heterocycles. The number of likely N-dealkylation sites (N-methyl/N-ethyl adjacent to an activating group) is 1. The van der Waals surface area contributed by atoms with Gasteiger partial charge in [-0.2, -0.15) is 0 Å². The second kappa shape index (κ2) is 15.0. The van der Waals surface area contributed by atoms with Gasteiger partial charge in [-0.25, -0.2) is 0 Å². The molecule has 38 heavy (non-hydrogen) atoms. The Morgan fingerprint density at radius 2 is 1.55 bits per heavy atom. The quantitative estimate of drug-likeness (QED) is 0.281. The number of rotatable bonds is 14. The van der Waals surface area contributed by atoms with Crippen LogP contribution in [0.25, 0.3) is 0 Å². The highest BCUT2D eigenvalue weighted by molar-refractivity contribution is 6.30. The molecule has 202 valence electrons. The first-order valence-electron chi connectivity index (χ1n) is 13.2. The summed E-state index contributed by atoms with van der Waals surface area (Å²) in [4.78, 5) is 28.7. The lowest BCUT2D eigenvalue weighted by atomic mass is 10.0. The van der Waals surface area contributed by atoms with Crippen LogP contribution < -0.4 is 14.8 Å². The lowest BCUT2D eigenvalue weighted by Gasteiger charge is -2.31. The topological polar surface area (TPSA) is 67.9 Å². The monoisotopic (exact) mass is 536 g/mol. The minimum atomic E-state index is -0.664. The van der Waals surface area contributed by atoms with Crippen LogP contribution in [-0.4, -0.2) is 42.5 Å². The van der Waals surface area contributed by atoms with Gasteiger partial charge >= 0.3 is 0 Å². The number of ether oxygens (including phenoxy) is 2. The molecule has 0 fully saturated rings. The fourth-order valence-electron chi connectivity index (χ4n) is 4.32. The van der Waals surface area contributed by atoms with E-state index in [0.717, 1.165) is 16.7 Å². The lowest BCUT2D eigenvalue weighted by Crippen LogP contribution is -2.50. The molecule has 0 aliphatic carbocycles. The molecule has 0 aliphatic heterocycles. The van der Waals surface area contributed by atoms with Crippen LogP contribution >= 0.6 is 11.6 Å². The minimum Gasteiger partial charge on any atom is -0.490 e. The highest BCUT2D eigenvalue weighted by Crippen LogP contribution is 2.29. The molecule has 0 spiro atoms. The number of nitrogens with one attached hydrogen (secondary N) is 1. The number of benzene rings is 3. The minimum absolute atomic E-state index is 0.107. The Morgan fingerprint density at radius 3 is 2.24 bits per heavy atom. The third-order valence-corrected chi connectivity index (χ3v) is 6.33. The average molecular weight is 537 g/mol. The van der Waals surface area contributed by atoms with Gasteiger partial charge in [-0.3, -0.25) is 9.59 Å². The summed E-state index contributed by atoms with van der Waals surface area (Å²) in [6.45, 7) is 7.55. The molecule has 0 radical (unpaired) electrons. The number of carbonyl (C=O) groups excluding carboxylic acids is 2. The fraction of sp³-hybridized carbons (Fsp3) is 0.355. The first kappa shape index (κ1) is 29.1. The van der Waals surface area contributed by atoms with Crippen LogP contribution in [0.1, 0.15) is 43.9 Å². The molecule has 3 aromatic carbocycles. The first-order valence-corrected chi connectivity index (χ1v) is 13.6. The Hall–Kier alpha value is -3.51. The van der Waals surface area contributed by atoms with E-state index in [1.807, 2.05) is 87.5 Å². The molecule has 1 N–H and O–H groups in total. The molecule has 1 unspecified atom stereocenters. The smallest absolute Gasteiger partial charge is 0.243 e. The van der Waals surface area contributed by atoms with Crippen LogP contribution in [-0.2, 0) is 29.0 Å². The van der Waals surface area contributed by atoms with Gasteiger partial charge in [0.15, 0.2) is 11.5 Å². The SMILES string of the molecule is CCNC(=O)C(Cc1ccccc1)N(Cc1cccc(Cl)c1)C(=O)CCc1ccc(OCC)c(OCC)c1. The van der Waals surface area contributed by atoms with Crippen molar-refractivity contribution >= 4 is 23.4 Å². The van der Waals surface area contributed by atoms with Crippen LogP contribution in [0.3, 0.4) is 0 Å². The summed E-state index contributed by atoms with van der Waals surface area (Å²) in [5.74, 6) is 1.07. The molecule has 0 heterocycles. The molecular formula is C31H37ClN2O4. The van der Waals surface area contributed by atoms with Gasteiger partial charge in [-0.05, 0) is 68.1 Å². The maximum atomic E-state index is 13.8. The second-order valence-corrected chi connectivity index (χ2v) is 9.34. The molecule has 0 aromatic heterocycles. The highest BCUT2D eigenvalue weighted by Gasteiger charge is 2.30.